The van der Waals surface area contributed by atoms with Gasteiger partial charge in [0, 0.05) is 39.3 Å². The smallest absolute Gasteiger partial charge is 0.240 e. The fraction of sp³-hybridized carbons (Fsp3) is 0.632. The summed E-state index contributed by atoms with van der Waals surface area (Å²) in [6.45, 7) is 6.02. The summed E-state index contributed by atoms with van der Waals surface area (Å²) in [5, 5.41) is 6.46. The van der Waals surface area contributed by atoms with Crippen molar-refractivity contribution in [3.8, 4) is 0 Å². The van der Waals surface area contributed by atoms with Gasteiger partial charge in [-0.3, -0.25) is 9.89 Å². The Kier molecular flexibility index (Phi) is 12.0. The molecule has 0 radical (unpaired) electrons. The van der Waals surface area contributed by atoms with Gasteiger partial charge in [-0.05, 0) is 37.9 Å². The Balaban J connectivity index is 0.00000392. The van der Waals surface area contributed by atoms with Crippen molar-refractivity contribution in [1.82, 2.24) is 20.3 Å². The first-order valence-corrected chi connectivity index (χ1v) is 11.3. The van der Waals surface area contributed by atoms with Gasteiger partial charge in [-0.2, -0.15) is 0 Å². The summed E-state index contributed by atoms with van der Waals surface area (Å²) in [4.78, 5) is 7.03. The molecule has 1 unspecified atom stereocenters. The molecule has 1 aliphatic rings. The van der Waals surface area contributed by atoms with E-state index in [0.29, 0.717) is 25.1 Å². The topological polar surface area (TPSA) is 85.8 Å². The maximum atomic E-state index is 12.2. The van der Waals surface area contributed by atoms with Crippen LogP contribution in [-0.4, -0.2) is 65.1 Å². The predicted molar refractivity (Wildman–Crippen MR) is 126 cm³/mol. The van der Waals surface area contributed by atoms with Crippen molar-refractivity contribution < 1.29 is 8.42 Å². The van der Waals surface area contributed by atoms with Gasteiger partial charge >= 0.3 is 0 Å². The van der Waals surface area contributed by atoms with E-state index < -0.39 is 10.0 Å². The Labute approximate surface area is 186 Å². The molecule has 0 amide bonds. The average molecular weight is 523 g/mol. The maximum absolute atomic E-state index is 12.2. The number of benzene rings is 1. The zero-order valence-electron chi connectivity index (χ0n) is 16.9. The van der Waals surface area contributed by atoms with E-state index in [1.165, 1.54) is 32.2 Å². The normalized spacial score (nSPS) is 18.4. The van der Waals surface area contributed by atoms with Crippen LogP contribution < -0.4 is 15.4 Å². The molecule has 1 atom stereocenters. The maximum Gasteiger partial charge on any atom is 0.240 e. The molecule has 3 N–H and O–H groups in total. The molecule has 7 nitrogen and oxygen atoms in total. The summed E-state index contributed by atoms with van der Waals surface area (Å²) in [6, 6.07) is 9.08. The van der Waals surface area contributed by atoms with E-state index >= 15 is 0 Å². The van der Waals surface area contributed by atoms with Crippen molar-refractivity contribution >= 4 is 40.0 Å². The van der Waals surface area contributed by atoms with Crippen LogP contribution in [0.4, 0.5) is 0 Å². The lowest BCUT2D eigenvalue weighted by molar-refractivity contribution is 0.147. The molecule has 1 fully saturated rings. The fourth-order valence-corrected chi connectivity index (χ4v) is 4.46. The molecule has 0 spiro atoms. The summed E-state index contributed by atoms with van der Waals surface area (Å²) in [6.07, 6.45) is 5.12. The lowest BCUT2D eigenvalue weighted by atomic mass is 10.0. The van der Waals surface area contributed by atoms with Gasteiger partial charge in [-0.15, -0.1) is 24.0 Å². The first-order valence-electron chi connectivity index (χ1n) is 9.80. The molecule has 160 valence electrons. The first-order chi connectivity index (χ1) is 13.1. The summed E-state index contributed by atoms with van der Waals surface area (Å²) >= 11 is 0. The Hall–Kier alpha value is -0.910. The van der Waals surface area contributed by atoms with Crippen LogP contribution in [0.25, 0.3) is 0 Å². The van der Waals surface area contributed by atoms with Crippen LogP contribution >= 0.6 is 24.0 Å². The average Bonchev–Trinajstić information content (AvgIpc) is 2.70. The molecule has 28 heavy (non-hydrogen) atoms. The molecular weight excluding hydrogens is 489 g/mol. The number of hydrogen-bond acceptors (Lipinski definition) is 4. The highest BCUT2D eigenvalue weighted by molar-refractivity contribution is 14.0. The van der Waals surface area contributed by atoms with Crippen molar-refractivity contribution in [2.45, 2.75) is 43.5 Å². The second-order valence-electron chi connectivity index (χ2n) is 6.73. The molecule has 9 heteroatoms. The molecule has 1 saturated heterocycles. The predicted octanol–water partition coefficient (Wildman–Crippen LogP) is 2.01. The highest BCUT2D eigenvalue weighted by Gasteiger charge is 2.20. The third-order valence-electron chi connectivity index (χ3n) is 4.90. The van der Waals surface area contributed by atoms with Crippen molar-refractivity contribution in [2.75, 3.05) is 39.8 Å². The molecule has 0 aromatic heterocycles. The second kappa shape index (κ2) is 13.3. The van der Waals surface area contributed by atoms with E-state index in [1.54, 1.807) is 37.4 Å². The van der Waals surface area contributed by atoms with Crippen molar-refractivity contribution in [3.05, 3.63) is 30.3 Å². The number of nitrogens with zero attached hydrogens (tertiary/aromatic N) is 2. The van der Waals surface area contributed by atoms with E-state index in [0.717, 1.165) is 13.1 Å². The summed E-state index contributed by atoms with van der Waals surface area (Å²) in [7, 11) is -1.74. The van der Waals surface area contributed by atoms with Crippen LogP contribution in [0.2, 0.25) is 0 Å². The Morgan fingerprint density at radius 2 is 1.86 bits per heavy atom. The van der Waals surface area contributed by atoms with Crippen molar-refractivity contribution in [1.29, 1.82) is 0 Å². The highest BCUT2D eigenvalue weighted by Crippen LogP contribution is 2.18. The quantitative estimate of drug-likeness (QED) is 0.200. The lowest BCUT2D eigenvalue weighted by Gasteiger charge is -2.35. The second-order valence-corrected chi connectivity index (χ2v) is 8.50. The molecule has 1 aliphatic heterocycles. The van der Waals surface area contributed by atoms with Gasteiger partial charge in [-0.25, -0.2) is 13.1 Å². The minimum atomic E-state index is -3.46. The molecule has 0 bridgehead atoms. The van der Waals surface area contributed by atoms with Gasteiger partial charge in [0.15, 0.2) is 5.96 Å². The van der Waals surface area contributed by atoms with Gasteiger partial charge in [0.2, 0.25) is 10.0 Å². The Bertz CT molecular complexity index is 685. The number of rotatable bonds is 9. The van der Waals surface area contributed by atoms with E-state index in [1.807, 2.05) is 0 Å². The van der Waals surface area contributed by atoms with Gasteiger partial charge in [-0.1, -0.05) is 31.5 Å². The first kappa shape index (κ1) is 25.1. The SMILES string of the molecule is CCC1CCCCN1CCNC(=NC)NCCNS(=O)(=O)c1ccccc1.I. The zero-order valence-corrected chi connectivity index (χ0v) is 20.0. The Morgan fingerprint density at radius 1 is 1.14 bits per heavy atom. The number of nitrogens with one attached hydrogen (secondary N) is 3. The van der Waals surface area contributed by atoms with Gasteiger partial charge < -0.3 is 10.6 Å². The van der Waals surface area contributed by atoms with E-state index in [-0.39, 0.29) is 28.9 Å². The largest absolute Gasteiger partial charge is 0.355 e. The third-order valence-corrected chi connectivity index (χ3v) is 6.38. The van der Waals surface area contributed by atoms with Gasteiger partial charge in [0.05, 0.1) is 4.90 Å². The number of piperidine rings is 1. The van der Waals surface area contributed by atoms with Gasteiger partial charge in [0.1, 0.15) is 0 Å². The molecule has 1 aromatic rings. The summed E-state index contributed by atoms with van der Waals surface area (Å²) in [5.74, 6) is 0.693. The van der Waals surface area contributed by atoms with Crippen molar-refractivity contribution in [2.24, 2.45) is 4.99 Å². The number of hydrogen-bond donors (Lipinski definition) is 3. The van der Waals surface area contributed by atoms with E-state index in [9.17, 15) is 8.42 Å². The number of aliphatic imine (C=N–C) groups is 1. The monoisotopic (exact) mass is 523 g/mol. The van der Waals surface area contributed by atoms with Crippen LogP contribution in [0.15, 0.2) is 40.2 Å². The summed E-state index contributed by atoms with van der Waals surface area (Å²) in [5.41, 5.74) is 0. The van der Waals surface area contributed by atoms with Crippen LogP contribution in [0, 0.1) is 0 Å². The molecule has 0 saturated carbocycles. The number of guanidine groups is 1. The van der Waals surface area contributed by atoms with Crippen LogP contribution in [-0.2, 0) is 10.0 Å². The highest BCUT2D eigenvalue weighted by atomic mass is 127. The molecule has 1 heterocycles. The third kappa shape index (κ3) is 8.22. The standard InChI is InChI=1S/C19H33N5O2S.HI/c1-3-17-9-7-8-15-24(17)16-14-22-19(20-2)21-12-13-23-27(25,26)18-10-5-4-6-11-18;/h4-6,10-11,17,23H,3,7-9,12-16H2,1-2H3,(H2,20,21,22);1H. The number of halogens is 1. The minimum Gasteiger partial charge on any atom is -0.355 e. The van der Waals surface area contributed by atoms with Crippen molar-refractivity contribution in [3.63, 3.8) is 0 Å². The molecule has 2 rings (SSSR count). The zero-order chi connectivity index (χ0) is 19.5. The summed E-state index contributed by atoms with van der Waals surface area (Å²) < 4.78 is 26.9. The lowest BCUT2D eigenvalue weighted by Crippen LogP contribution is -2.46. The van der Waals surface area contributed by atoms with E-state index in [2.05, 4.69) is 32.2 Å². The Morgan fingerprint density at radius 3 is 2.54 bits per heavy atom. The number of likely N-dealkylation sites (tertiary alicyclic amines) is 1. The molecular formula is C19H34IN5O2S. The molecule has 0 aliphatic carbocycles. The van der Waals surface area contributed by atoms with Crippen LogP contribution in [0.1, 0.15) is 32.6 Å². The minimum absolute atomic E-state index is 0. The number of sulfonamides is 1. The molecule has 1 aromatic carbocycles. The fourth-order valence-electron chi connectivity index (χ4n) is 3.40. The van der Waals surface area contributed by atoms with Crippen LogP contribution in [0.3, 0.4) is 0 Å². The van der Waals surface area contributed by atoms with Gasteiger partial charge in [0.25, 0.3) is 0 Å². The van der Waals surface area contributed by atoms with Crippen LogP contribution in [0.5, 0.6) is 0 Å². The van der Waals surface area contributed by atoms with E-state index in [4.69, 9.17) is 0 Å².